The van der Waals surface area contributed by atoms with E-state index in [-0.39, 0.29) is 0 Å². The minimum atomic E-state index is 0.623. The van der Waals surface area contributed by atoms with Gasteiger partial charge >= 0.3 is 0 Å². The topological polar surface area (TPSA) is 47.3 Å². The summed E-state index contributed by atoms with van der Waals surface area (Å²) in [6, 6.07) is 11.5. The number of halogens is 2. The van der Waals surface area contributed by atoms with Crippen LogP contribution in [0.25, 0.3) is 0 Å². The standard InChI is InChI=1S/C13H12Br2N2O/c1-18-13-7-9(3-4-11(13)16)17-12-5-2-8(14)6-10(12)15/h2-7,17H,16H2,1H3. The Bertz CT molecular complexity index is 573. The predicted molar refractivity (Wildman–Crippen MR) is 82.5 cm³/mol. The molecule has 0 amide bonds. The molecule has 0 aromatic heterocycles. The highest BCUT2D eigenvalue weighted by Gasteiger charge is 2.04. The van der Waals surface area contributed by atoms with Gasteiger partial charge in [0.2, 0.25) is 0 Å². The molecule has 0 heterocycles. The molecule has 0 saturated heterocycles. The highest BCUT2D eigenvalue weighted by molar-refractivity contribution is 9.11. The van der Waals surface area contributed by atoms with Gasteiger partial charge in [-0.05, 0) is 46.3 Å². The number of hydrogen-bond acceptors (Lipinski definition) is 3. The lowest BCUT2D eigenvalue weighted by molar-refractivity contribution is 0.417. The molecule has 0 aliphatic rings. The van der Waals surface area contributed by atoms with Gasteiger partial charge in [0.1, 0.15) is 5.75 Å². The van der Waals surface area contributed by atoms with Gasteiger partial charge in [0, 0.05) is 20.7 Å². The Morgan fingerprint density at radius 2 is 1.89 bits per heavy atom. The van der Waals surface area contributed by atoms with Crippen LogP contribution in [0.1, 0.15) is 0 Å². The molecule has 94 valence electrons. The van der Waals surface area contributed by atoms with Crippen molar-refractivity contribution in [2.75, 3.05) is 18.2 Å². The molecule has 0 fully saturated rings. The highest BCUT2D eigenvalue weighted by atomic mass is 79.9. The third kappa shape index (κ3) is 2.97. The minimum Gasteiger partial charge on any atom is -0.495 e. The smallest absolute Gasteiger partial charge is 0.143 e. The summed E-state index contributed by atoms with van der Waals surface area (Å²) in [4.78, 5) is 0. The summed E-state index contributed by atoms with van der Waals surface area (Å²) in [6.07, 6.45) is 0. The second-order valence-electron chi connectivity index (χ2n) is 3.71. The predicted octanol–water partition coefficient (Wildman–Crippen LogP) is 4.55. The lowest BCUT2D eigenvalue weighted by atomic mass is 10.2. The lowest BCUT2D eigenvalue weighted by Crippen LogP contribution is -1.95. The van der Waals surface area contributed by atoms with E-state index in [9.17, 15) is 0 Å². The fourth-order valence-corrected chi connectivity index (χ4v) is 2.68. The Morgan fingerprint density at radius 3 is 2.56 bits per heavy atom. The van der Waals surface area contributed by atoms with Crippen LogP contribution < -0.4 is 15.8 Å². The quantitative estimate of drug-likeness (QED) is 0.778. The molecule has 0 aliphatic heterocycles. The van der Waals surface area contributed by atoms with Crippen molar-refractivity contribution in [3.8, 4) is 5.75 Å². The van der Waals surface area contributed by atoms with E-state index in [1.54, 1.807) is 7.11 Å². The Labute approximate surface area is 123 Å². The molecule has 0 unspecified atom stereocenters. The van der Waals surface area contributed by atoms with Crippen molar-refractivity contribution < 1.29 is 4.74 Å². The van der Waals surface area contributed by atoms with Gasteiger partial charge in [-0.3, -0.25) is 0 Å². The molecule has 5 heteroatoms. The molecular formula is C13H12Br2N2O. The molecule has 3 nitrogen and oxygen atoms in total. The van der Waals surface area contributed by atoms with E-state index < -0.39 is 0 Å². The molecule has 0 radical (unpaired) electrons. The highest BCUT2D eigenvalue weighted by Crippen LogP contribution is 2.31. The minimum absolute atomic E-state index is 0.623. The van der Waals surface area contributed by atoms with Crippen molar-refractivity contribution in [1.82, 2.24) is 0 Å². The molecule has 2 rings (SSSR count). The molecule has 0 bridgehead atoms. The van der Waals surface area contributed by atoms with Gasteiger partial charge in [-0.25, -0.2) is 0 Å². The zero-order valence-corrected chi connectivity index (χ0v) is 12.9. The van der Waals surface area contributed by atoms with E-state index in [4.69, 9.17) is 10.5 Å². The fourth-order valence-electron chi connectivity index (χ4n) is 1.54. The monoisotopic (exact) mass is 370 g/mol. The summed E-state index contributed by atoms with van der Waals surface area (Å²) in [5, 5.41) is 3.30. The van der Waals surface area contributed by atoms with Gasteiger partial charge in [0.25, 0.3) is 0 Å². The number of hydrogen-bond donors (Lipinski definition) is 2. The molecular weight excluding hydrogens is 360 g/mol. The van der Waals surface area contributed by atoms with Crippen molar-refractivity contribution in [3.63, 3.8) is 0 Å². The third-order valence-corrected chi connectivity index (χ3v) is 3.59. The molecule has 2 aromatic rings. The lowest BCUT2D eigenvalue weighted by Gasteiger charge is -2.11. The molecule has 0 saturated carbocycles. The van der Waals surface area contributed by atoms with Crippen LogP contribution in [0.15, 0.2) is 45.3 Å². The summed E-state index contributed by atoms with van der Waals surface area (Å²) in [5.41, 5.74) is 8.30. The first-order valence-corrected chi connectivity index (χ1v) is 6.84. The largest absolute Gasteiger partial charge is 0.495 e. The van der Waals surface area contributed by atoms with Gasteiger partial charge in [-0.15, -0.1) is 0 Å². The molecule has 0 spiro atoms. The van der Waals surface area contributed by atoms with Crippen LogP contribution >= 0.6 is 31.9 Å². The van der Waals surface area contributed by atoms with Crippen molar-refractivity contribution in [2.24, 2.45) is 0 Å². The van der Waals surface area contributed by atoms with Crippen LogP contribution in [0.5, 0.6) is 5.75 Å². The van der Waals surface area contributed by atoms with Crippen molar-refractivity contribution in [1.29, 1.82) is 0 Å². The summed E-state index contributed by atoms with van der Waals surface area (Å²) >= 11 is 6.93. The van der Waals surface area contributed by atoms with E-state index in [0.29, 0.717) is 11.4 Å². The number of nitrogens with one attached hydrogen (secondary N) is 1. The zero-order chi connectivity index (χ0) is 13.1. The van der Waals surface area contributed by atoms with Crippen LogP contribution in [0.2, 0.25) is 0 Å². The first-order chi connectivity index (χ1) is 8.60. The maximum atomic E-state index is 5.77. The number of benzene rings is 2. The number of ether oxygens (including phenoxy) is 1. The third-order valence-electron chi connectivity index (χ3n) is 2.44. The number of methoxy groups -OCH3 is 1. The summed E-state index contributed by atoms with van der Waals surface area (Å²) < 4.78 is 7.19. The first-order valence-electron chi connectivity index (χ1n) is 5.26. The number of nitrogens with two attached hydrogens (primary N) is 1. The van der Waals surface area contributed by atoms with Gasteiger partial charge < -0.3 is 15.8 Å². The average molecular weight is 372 g/mol. The SMILES string of the molecule is COc1cc(Nc2ccc(Br)cc2Br)ccc1N. The van der Waals surface area contributed by atoms with Gasteiger partial charge in [-0.2, -0.15) is 0 Å². The van der Waals surface area contributed by atoms with Crippen LogP contribution in [-0.2, 0) is 0 Å². The van der Waals surface area contributed by atoms with Crippen molar-refractivity contribution in [2.45, 2.75) is 0 Å². The van der Waals surface area contributed by atoms with Crippen LogP contribution in [0.3, 0.4) is 0 Å². The first kappa shape index (κ1) is 13.2. The van der Waals surface area contributed by atoms with Gasteiger partial charge in [-0.1, -0.05) is 15.9 Å². The van der Waals surface area contributed by atoms with E-state index in [1.807, 2.05) is 36.4 Å². The van der Waals surface area contributed by atoms with E-state index in [1.165, 1.54) is 0 Å². The summed E-state index contributed by atoms with van der Waals surface area (Å²) in [6.45, 7) is 0. The molecule has 3 N–H and O–H groups in total. The van der Waals surface area contributed by atoms with E-state index in [2.05, 4.69) is 37.2 Å². The Morgan fingerprint density at radius 1 is 1.11 bits per heavy atom. The number of nitrogen functional groups attached to an aromatic ring is 1. The number of rotatable bonds is 3. The van der Waals surface area contributed by atoms with E-state index in [0.717, 1.165) is 20.3 Å². The Balaban J connectivity index is 2.28. The number of anilines is 3. The normalized spacial score (nSPS) is 10.2. The van der Waals surface area contributed by atoms with Crippen LogP contribution in [-0.4, -0.2) is 7.11 Å². The molecule has 0 aliphatic carbocycles. The fraction of sp³-hybridized carbons (Fsp3) is 0.0769. The molecule has 0 atom stereocenters. The second-order valence-corrected chi connectivity index (χ2v) is 5.48. The van der Waals surface area contributed by atoms with Gasteiger partial charge in [0.05, 0.1) is 18.5 Å². The second kappa shape index (κ2) is 5.63. The maximum Gasteiger partial charge on any atom is 0.143 e. The van der Waals surface area contributed by atoms with Gasteiger partial charge in [0.15, 0.2) is 0 Å². The van der Waals surface area contributed by atoms with E-state index >= 15 is 0 Å². The van der Waals surface area contributed by atoms with Crippen LogP contribution in [0.4, 0.5) is 17.1 Å². The van der Waals surface area contributed by atoms with Crippen molar-refractivity contribution >= 4 is 48.9 Å². The molecule has 18 heavy (non-hydrogen) atoms. The Kier molecular flexibility index (Phi) is 4.14. The van der Waals surface area contributed by atoms with Crippen molar-refractivity contribution in [3.05, 3.63) is 45.3 Å². The molecule has 2 aromatic carbocycles. The zero-order valence-electron chi connectivity index (χ0n) is 9.71. The maximum absolute atomic E-state index is 5.77. The summed E-state index contributed by atoms with van der Waals surface area (Å²) in [5.74, 6) is 0.660. The van der Waals surface area contributed by atoms with Crippen LogP contribution in [0, 0.1) is 0 Å². The Hall–Kier alpha value is -1.20. The summed E-state index contributed by atoms with van der Waals surface area (Å²) in [7, 11) is 1.60. The average Bonchev–Trinajstić information content (AvgIpc) is 2.35.